The molecule has 0 saturated heterocycles. The van der Waals surface area contributed by atoms with Crippen LogP contribution in [-0.4, -0.2) is 36.9 Å². The van der Waals surface area contributed by atoms with E-state index in [1.165, 1.54) is 0 Å². The molecule has 19 heavy (non-hydrogen) atoms. The minimum absolute atomic E-state index is 0.527. The number of hydrogen-bond acceptors (Lipinski definition) is 0. The largest absolute Gasteiger partial charge is 0.374 e. The van der Waals surface area contributed by atoms with E-state index in [9.17, 15) is 39.5 Å². The number of rotatable bonds is 5. The molecular weight excluding hydrogens is 331 g/mol. The lowest BCUT2D eigenvalue weighted by Crippen LogP contribution is -2.65. The second-order valence-electron chi connectivity index (χ2n) is 4.54. The molecule has 0 heterocycles. The van der Waals surface area contributed by atoms with Crippen molar-refractivity contribution in [2.24, 2.45) is 0 Å². The molecule has 0 radical (unpaired) electrons. The van der Waals surface area contributed by atoms with Crippen LogP contribution in [0.25, 0.3) is 0 Å². The van der Waals surface area contributed by atoms with E-state index < -0.39 is 43.8 Å². The highest BCUT2D eigenvalue weighted by atomic mass is 35.6. The van der Waals surface area contributed by atoms with E-state index in [4.69, 9.17) is 11.1 Å². The first kappa shape index (κ1) is 18.9. The molecule has 0 aliphatic rings. The predicted octanol–water partition coefficient (Wildman–Crippen LogP) is 4.87. The molecule has 0 aromatic carbocycles. The fraction of sp³-hybridized carbons (Fsp3) is 1.00. The smallest absolute Gasteiger partial charge is 0.234 e. The topological polar surface area (TPSA) is 0 Å². The minimum Gasteiger partial charge on any atom is -0.234 e. The molecular formula is C8H10ClF9Si. The first-order valence-electron chi connectivity index (χ1n) is 4.75. The monoisotopic (exact) mass is 340 g/mol. The third-order valence-corrected chi connectivity index (χ3v) is 4.99. The second kappa shape index (κ2) is 4.71. The van der Waals surface area contributed by atoms with Gasteiger partial charge in [0.1, 0.15) is 0 Å². The summed E-state index contributed by atoms with van der Waals surface area (Å²) in [5.74, 6) is -17.9. The van der Waals surface area contributed by atoms with Crippen LogP contribution < -0.4 is 0 Å². The average molecular weight is 341 g/mol. The lowest BCUT2D eigenvalue weighted by molar-refractivity contribution is -0.331. The molecule has 0 N–H and O–H groups in total. The Bertz CT molecular complexity index is 330. The minimum atomic E-state index is -6.28. The van der Waals surface area contributed by atoms with Gasteiger partial charge in [0.25, 0.3) is 5.55 Å². The molecule has 0 aromatic heterocycles. The van der Waals surface area contributed by atoms with Gasteiger partial charge in [-0.15, -0.1) is 0 Å². The summed E-state index contributed by atoms with van der Waals surface area (Å²) >= 11 is 5.07. The fourth-order valence-electron chi connectivity index (χ4n) is 0.981. The molecule has 0 saturated carbocycles. The van der Waals surface area contributed by atoms with Crippen molar-refractivity contribution >= 4 is 18.5 Å². The Kier molecular flexibility index (Phi) is 4.68. The molecule has 116 valence electrons. The lowest BCUT2D eigenvalue weighted by Gasteiger charge is -2.38. The molecule has 0 nitrogen and oxygen atoms in total. The quantitative estimate of drug-likeness (QED) is 0.380. The van der Waals surface area contributed by atoms with Gasteiger partial charge in [0.2, 0.25) is 13.6 Å². The van der Waals surface area contributed by atoms with Crippen LogP contribution in [0.4, 0.5) is 39.5 Å². The third-order valence-electron chi connectivity index (χ3n) is 2.40. The third kappa shape index (κ3) is 2.98. The van der Waals surface area contributed by atoms with Crippen LogP contribution in [0.2, 0.25) is 13.1 Å². The Balaban J connectivity index is 5.70. The Morgan fingerprint density at radius 2 is 1.21 bits per heavy atom. The Labute approximate surface area is 108 Å². The van der Waals surface area contributed by atoms with Crippen LogP contribution >= 0.6 is 11.1 Å². The van der Waals surface area contributed by atoms with Crippen molar-refractivity contribution in [2.45, 2.75) is 49.5 Å². The van der Waals surface area contributed by atoms with Gasteiger partial charge in [0.05, 0.1) is 0 Å². The Morgan fingerprint density at radius 1 is 0.895 bits per heavy atom. The maximum Gasteiger partial charge on any atom is 0.374 e. The summed E-state index contributed by atoms with van der Waals surface area (Å²) in [6.45, 7) is 0.438. The summed E-state index contributed by atoms with van der Waals surface area (Å²) in [5, 5.41) is 0. The van der Waals surface area contributed by atoms with E-state index >= 15 is 0 Å². The van der Waals surface area contributed by atoms with Crippen LogP contribution in [0.1, 0.15) is 6.92 Å². The van der Waals surface area contributed by atoms with E-state index in [0.717, 1.165) is 0 Å². The van der Waals surface area contributed by atoms with Gasteiger partial charge < -0.3 is 0 Å². The highest BCUT2D eigenvalue weighted by Gasteiger charge is 2.78. The van der Waals surface area contributed by atoms with Crippen molar-refractivity contribution in [2.75, 3.05) is 0 Å². The summed E-state index contributed by atoms with van der Waals surface area (Å²) in [6.07, 6.45) is -4.82. The van der Waals surface area contributed by atoms with Crippen LogP contribution in [0.5, 0.6) is 0 Å². The van der Waals surface area contributed by atoms with E-state index in [2.05, 4.69) is 0 Å². The zero-order valence-corrected chi connectivity index (χ0v) is 11.6. The lowest BCUT2D eigenvalue weighted by atomic mass is 10.0. The molecule has 0 fully saturated rings. The molecule has 11 heteroatoms. The SMILES string of the molecule is CC(F)(F)C(F)(F)C(F)(F)C(F)C(F)(F)[Si](C)(C)Cl. The molecule has 0 aliphatic heterocycles. The summed E-state index contributed by atoms with van der Waals surface area (Å²) in [5.41, 5.74) is -5.02. The average Bonchev–Trinajstić information content (AvgIpc) is 2.12. The van der Waals surface area contributed by atoms with Gasteiger partial charge in [0.15, 0.2) is 0 Å². The number of alkyl halides is 9. The van der Waals surface area contributed by atoms with Crippen molar-refractivity contribution in [1.29, 1.82) is 0 Å². The molecule has 0 rings (SSSR count). The molecule has 0 aromatic rings. The molecule has 0 bridgehead atoms. The Hall–Kier alpha value is -0.123. The van der Waals surface area contributed by atoms with E-state index in [1.54, 1.807) is 0 Å². The van der Waals surface area contributed by atoms with Gasteiger partial charge in [-0.1, -0.05) is 13.1 Å². The van der Waals surface area contributed by atoms with Gasteiger partial charge in [-0.2, -0.15) is 37.4 Å². The Morgan fingerprint density at radius 3 is 1.42 bits per heavy atom. The molecule has 1 atom stereocenters. The summed E-state index contributed by atoms with van der Waals surface area (Å²) in [4.78, 5) is 0. The van der Waals surface area contributed by atoms with E-state index in [1.807, 2.05) is 0 Å². The maximum atomic E-state index is 13.2. The van der Waals surface area contributed by atoms with Crippen molar-refractivity contribution in [1.82, 2.24) is 0 Å². The number of halogens is 10. The van der Waals surface area contributed by atoms with Gasteiger partial charge in [-0.05, 0) is 0 Å². The summed E-state index contributed by atoms with van der Waals surface area (Å²) < 4.78 is 116. The normalized spacial score (nSPS) is 17.5. The van der Waals surface area contributed by atoms with E-state index in [-0.39, 0.29) is 0 Å². The van der Waals surface area contributed by atoms with Gasteiger partial charge in [0, 0.05) is 6.92 Å². The fourth-order valence-corrected chi connectivity index (χ4v) is 2.05. The van der Waals surface area contributed by atoms with Gasteiger partial charge >= 0.3 is 17.8 Å². The zero-order chi connectivity index (χ0) is 16.1. The highest BCUT2D eigenvalue weighted by molar-refractivity contribution is 7.20. The van der Waals surface area contributed by atoms with Gasteiger partial charge in [-0.25, -0.2) is 13.2 Å². The van der Waals surface area contributed by atoms with Crippen molar-refractivity contribution in [3.8, 4) is 0 Å². The molecule has 0 aliphatic carbocycles. The first-order chi connectivity index (χ1) is 7.90. The standard InChI is InChI=1S/C8H10ClF9Si/c1-5(11,12)8(17,18)6(13,14)4(10)7(15,16)19(2,3)9/h4H,1-3H3. The second-order valence-corrected chi connectivity index (χ2v) is 11.0. The highest BCUT2D eigenvalue weighted by Crippen LogP contribution is 2.52. The van der Waals surface area contributed by atoms with Crippen molar-refractivity contribution in [3.63, 3.8) is 0 Å². The number of hydrogen-bond donors (Lipinski definition) is 0. The van der Waals surface area contributed by atoms with Crippen LogP contribution in [-0.2, 0) is 0 Å². The first-order valence-corrected chi connectivity index (χ1v) is 8.76. The zero-order valence-electron chi connectivity index (χ0n) is 9.86. The predicted molar refractivity (Wildman–Crippen MR) is 53.7 cm³/mol. The van der Waals surface area contributed by atoms with Gasteiger partial charge in [-0.3, -0.25) is 0 Å². The summed E-state index contributed by atoms with van der Waals surface area (Å²) in [6, 6.07) is 0. The summed E-state index contributed by atoms with van der Waals surface area (Å²) in [7, 11) is -4.49. The molecule has 1 unspecified atom stereocenters. The molecule has 0 spiro atoms. The maximum absolute atomic E-state index is 13.2. The van der Waals surface area contributed by atoms with Crippen molar-refractivity contribution in [3.05, 3.63) is 0 Å². The van der Waals surface area contributed by atoms with Crippen LogP contribution in [0.3, 0.4) is 0 Å². The van der Waals surface area contributed by atoms with E-state index in [0.29, 0.717) is 13.1 Å². The molecule has 0 amide bonds. The van der Waals surface area contributed by atoms with Crippen LogP contribution in [0, 0.1) is 0 Å². The van der Waals surface area contributed by atoms with Crippen LogP contribution in [0.15, 0.2) is 0 Å². The van der Waals surface area contributed by atoms with Crippen molar-refractivity contribution < 1.29 is 39.5 Å².